The van der Waals surface area contributed by atoms with Crippen LogP contribution in [-0.2, 0) is 10.0 Å². The number of nitrogens with zero attached hydrogens (tertiary/aromatic N) is 5. The van der Waals surface area contributed by atoms with E-state index in [4.69, 9.17) is 0 Å². The van der Waals surface area contributed by atoms with E-state index in [2.05, 4.69) is 14.9 Å². The minimum atomic E-state index is -3.43. The van der Waals surface area contributed by atoms with E-state index in [-0.39, 0.29) is 0 Å². The van der Waals surface area contributed by atoms with Gasteiger partial charge in [-0.15, -0.1) is 0 Å². The van der Waals surface area contributed by atoms with Crippen LogP contribution in [0.2, 0.25) is 0 Å². The van der Waals surface area contributed by atoms with Gasteiger partial charge in [-0.3, -0.25) is 0 Å². The standard InChI is InChI=1S/C17H23N5O2S/c1-14-18-16(20(2)3)13-17(19-14)21-9-11-22(12-10-21)25(23,24)15-7-5-4-6-8-15/h4-8,13H,9-12H2,1-3H3. The molecule has 3 rings (SSSR count). The summed E-state index contributed by atoms with van der Waals surface area (Å²) in [6, 6.07) is 10.5. The zero-order valence-corrected chi connectivity index (χ0v) is 15.6. The highest BCUT2D eigenvalue weighted by atomic mass is 32.2. The van der Waals surface area contributed by atoms with E-state index in [0.717, 1.165) is 11.6 Å². The molecule has 0 N–H and O–H groups in total. The lowest BCUT2D eigenvalue weighted by Gasteiger charge is -2.35. The van der Waals surface area contributed by atoms with Gasteiger partial charge in [-0.25, -0.2) is 18.4 Å². The molecule has 0 atom stereocenters. The lowest BCUT2D eigenvalue weighted by molar-refractivity contribution is 0.383. The average Bonchev–Trinajstić information content (AvgIpc) is 2.62. The van der Waals surface area contributed by atoms with Crippen LogP contribution in [0.5, 0.6) is 0 Å². The van der Waals surface area contributed by atoms with Crippen LogP contribution in [-0.4, -0.2) is 63.0 Å². The van der Waals surface area contributed by atoms with Crippen molar-refractivity contribution in [1.29, 1.82) is 0 Å². The maximum absolute atomic E-state index is 12.7. The molecule has 0 unspecified atom stereocenters. The summed E-state index contributed by atoms with van der Waals surface area (Å²) in [5.41, 5.74) is 0. The number of rotatable bonds is 4. The van der Waals surface area contributed by atoms with Crippen LogP contribution in [0.4, 0.5) is 11.6 Å². The van der Waals surface area contributed by atoms with Crippen LogP contribution in [0.3, 0.4) is 0 Å². The van der Waals surface area contributed by atoms with E-state index in [1.54, 1.807) is 28.6 Å². The van der Waals surface area contributed by atoms with Gasteiger partial charge in [0.25, 0.3) is 0 Å². The molecule has 0 bridgehead atoms. The number of benzene rings is 1. The van der Waals surface area contributed by atoms with Gasteiger partial charge in [0.05, 0.1) is 4.90 Å². The molecule has 2 aromatic rings. The molecule has 0 spiro atoms. The van der Waals surface area contributed by atoms with Gasteiger partial charge in [-0.2, -0.15) is 4.31 Å². The minimum Gasteiger partial charge on any atom is -0.363 e. The molecular weight excluding hydrogens is 338 g/mol. The van der Waals surface area contributed by atoms with Gasteiger partial charge < -0.3 is 9.80 Å². The Morgan fingerprint density at radius 2 is 1.64 bits per heavy atom. The molecule has 0 aliphatic carbocycles. The number of aryl methyl sites for hydroxylation is 1. The molecule has 1 saturated heterocycles. The van der Waals surface area contributed by atoms with Crippen molar-refractivity contribution < 1.29 is 8.42 Å². The molecular formula is C17H23N5O2S. The van der Waals surface area contributed by atoms with Crippen LogP contribution >= 0.6 is 0 Å². The number of sulfonamides is 1. The van der Waals surface area contributed by atoms with Gasteiger partial charge in [-0.05, 0) is 19.1 Å². The van der Waals surface area contributed by atoms with Crippen LogP contribution in [0, 0.1) is 6.92 Å². The number of anilines is 2. The first-order chi connectivity index (χ1) is 11.9. The fraction of sp³-hybridized carbons (Fsp3) is 0.412. The molecule has 0 amide bonds. The highest BCUT2D eigenvalue weighted by Gasteiger charge is 2.29. The van der Waals surface area contributed by atoms with Crippen LogP contribution in [0.15, 0.2) is 41.3 Å². The quantitative estimate of drug-likeness (QED) is 0.819. The summed E-state index contributed by atoms with van der Waals surface area (Å²) in [4.78, 5) is 13.3. The minimum absolute atomic E-state index is 0.344. The fourth-order valence-electron chi connectivity index (χ4n) is 2.83. The molecule has 1 aliphatic heterocycles. The molecule has 1 aromatic carbocycles. The third-order valence-corrected chi connectivity index (χ3v) is 6.13. The Kier molecular flexibility index (Phi) is 4.91. The van der Waals surface area contributed by atoms with Crippen molar-refractivity contribution in [2.45, 2.75) is 11.8 Å². The van der Waals surface area contributed by atoms with Crippen LogP contribution in [0.1, 0.15) is 5.82 Å². The van der Waals surface area contributed by atoms with Crippen molar-refractivity contribution in [2.24, 2.45) is 0 Å². The maximum atomic E-state index is 12.7. The van der Waals surface area contributed by atoms with Crippen molar-refractivity contribution in [1.82, 2.24) is 14.3 Å². The first kappa shape index (κ1) is 17.6. The van der Waals surface area contributed by atoms with Crippen molar-refractivity contribution in [3.8, 4) is 0 Å². The summed E-state index contributed by atoms with van der Waals surface area (Å²) < 4.78 is 26.9. The third-order valence-electron chi connectivity index (χ3n) is 4.21. The van der Waals surface area contributed by atoms with Gasteiger partial charge in [-0.1, -0.05) is 18.2 Å². The van der Waals surface area contributed by atoms with E-state index in [1.165, 1.54) is 0 Å². The first-order valence-corrected chi connectivity index (χ1v) is 9.65. The van der Waals surface area contributed by atoms with E-state index in [1.807, 2.05) is 38.1 Å². The largest absolute Gasteiger partial charge is 0.363 e. The zero-order valence-electron chi connectivity index (χ0n) is 14.8. The van der Waals surface area contributed by atoms with E-state index >= 15 is 0 Å². The van der Waals surface area contributed by atoms with Gasteiger partial charge in [0.2, 0.25) is 10.0 Å². The second-order valence-electron chi connectivity index (χ2n) is 6.23. The highest BCUT2D eigenvalue weighted by molar-refractivity contribution is 7.89. The predicted molar refractivity (Wildman–Crippen MR) is 98.5 cm³/mol. The Morgan fingerprint density at radius 3 is 2.24 bits per heavy atom. The lowest BCUT2D eigenvalue weighted by Crippen LogP contribution is -2.49. The van der Waals surface area contributed by atoms with Gasteiger partial charge in [0.15, 0.2) is 0 Å². The maximum Gasteiger partial charge on any atom is 0.243 e. The van der Waals surface area contributed by atoms with Gasteiger partial charge in [0.1, 0.15) is 17.5 Å². The highest BCUT2D eigenvalue weighted by Crippen LogP contribution is 2.22. The molecule has 1 aromatic heterocycles. The van der Waals surface area contributed by atoms with Crippen LogP contribution in [0.25, 0.3) is 0 Å². The van der Waals surface area contributed by atoms with Crippen molar-refractivity contribution in [2.75, 3.05) is 50.1 Å². The predicted octanol–water partition coefficient (Wildman–Crippen LogP) is 1.36. The second-order valence-corrected chi connectivity index (χ2v) is 8.17. The Labute approximate surface area is 149 Å². The number of hydrogen-bond donors (Lipinski definition) is 0. The molecule has 2 heterocycles. The van der Waals surface area contributed by atoms with E-state index in [9.17, 15) is 8.42 Å². The zero-order chi connectivity index (χ0) is 18.0. The first-order valence-electron chi connectivity index (χ1n) is 8.21. The molecule has 0 saturated carbocycles. The summed E-state index contributed by atoms with van der Waals surface area (Å²) in [5, 5.41) is 0. The van der Waals surface area contributed by atoms with Crippen LogP contribution < -0.4 is 9.80 Å². The summed E-state index contributed by atoms with van der Waals surface area (Å²) in [5.74, 6) is 2.40. The smallest absolute Gasteiger partial charge is 0.243 e. The van der Waals surface area contributed by atoms with E-state index in [0.29, 0.717) is 36.9 Å². The second kappa shape index (κ2) is 6.97. The summed E-state index contributed by atoms with van der Waals surface area (Å²) in [6.45, 7) is 3.96. The normalized spacial score (nSPS) is 16.0. The van der Waals surface area contributed by atoms with Crippen molar-refractivity contribution in [3.05, 3.63) is 42.2 Å². The van der Waals surface area contributed by atoms with Crippen molar-refractivity contribution in [3.63, 3.8) is 0 Å². The average molecular weight is 361 g/mol. The number of piperazine rings is 1. The Morgan fingerprint density at radius 1 is 1.00 bits per heavy atom. The van der Waals surface area contributed by atoms with Crippen molar-refractivity contribution >= 4 is 21.7 Å². The summed E-state index contributed by atoms with van der Waals surface area (Å²) in [6.07, 6.45) is 0. The Bertz CT molecular complexity index is 831. The van der Waals surface area contributed by atoms with E-state index < -0.39 is 10.0 Å². The number of aromatic nitrogens is 2. The molecule has 7 nitrogen and oxygen atoms in total. The Hall–Kier alpha value is -2.19. The molecule has 134 valence electrons. The summed E-state index contributed by atoms with van der Waals surface area (Å²) >= 11 is 0. The molecule has 1 aliphatic rings. The summed E-state index contributed by atoms with van der Waals surface area (Å²) in [7, 11) is 0.449. The number of hydrogen-bond acceptors (Lipinski definition) is 6. The molecule has 25 heavy (non-hydrogen) atoms. The van der Waals surface area contributed by atoms with Gasteiger partial charge >= 0.3 is 0 Å². The SMILES string of the molecule is Cc1nc(N(C)C)cc(N2CCN(S(=O)(=O)c3ccccc3)CC2)n1. The Balaban J connectivity index is 1.74. The van der Waals surface area contributed by atoms with Gasteiger partial charge in [0, 0.05) is 46.3 Å². The monoisotopic (exact) mass is 361 g/mol. The third kappa shape index (κ3) is 3.74. The fourth-order valence-corrected chi connectivity index (χ4v) is 4.27. The topological polar surface area (TPSA) is 69.6 Å². The lowest BCUT2D eigenvalue weighted by atomic mass is 10.3. The molecule has 8 heteroatoms. The molecule has 0 radical (unpaired) electrons. The molecule has 1 fully saturated rings.